The topological polar surface area (TPSA) is 103 Å². The maximum Gasteiger partial charge on any atom is 0.221 e. The Morgan fingerprint density at radius 3 is 2.71 bits per heavy atom. The van der Waals surface area contributed by atoms with E-state index in [0.29, 0.717) is 5.69 Å². The Bertz CT molecular complexity index is 518. The molecule has 0 heterocycles. The van der Waals surface area contributed by atoms with E-state index in [-0.39, 0.29) is 12.0 Å². The SMILES string of the molecule is N#CC(C#N)=CNc1cccc(CC(N)=O)c1. The number of rotatable bonds is 4. The number of nitrogens with one attached hydrogen (secondary N) is 1. The van der Waals surface area contributed by atoms with Crippen LogP contribution in [0.4, 0.5) is 5.69 Å². The van der Waals surface area contributed by atoms with Crippen molar-refractivity contribution < 1.29 is 4.79 Å². The molecular formula is C12H10N4O. The van der Waals surface area contributed by atoms with Gasteiger partial charge in [0.1, 0.15) is 17.7 Å². The molecule has 0 aliphatic heterocycles. The molecule has 0 saturated carbocycles. The summed E-state index contributed by atoms with van der Waals surface area (Å²) in [7, 11) is 0. The molecule has 1 aromatic rings. The molecule has 5 heteroatoms. The van der Waals surface area contributed by atoms with E-state index in [4.69, 9.17) is 16.3 Å². The summed E-state index contributed by atoms with van der Waals surface area (Å²) in [4.78, 5) is 10.7. The van der Waals surface area contributed by atoms with Gasteiger partial charge in [0.05, 0.1) is 6.42 Å². The lowest BCUT2D eigenvalue weighted by Crippen LogP contribution is -2.13. The number of hydrogen-bond donors (Lipinski definition) is 2. The molecule has 1 amide bonds. The number of carbonyl (C=O) groups is 1. The summed E-state index contributed by atoms with van der Waals surface area (Å²) in [5, 5.41) is 19.9. The van der Waals surface area contributed by atoms with E-state index in [1.165, 1.54) is 6.20 Å². The maximum atomic E-state index is 10.7. The standard InChI is InChI=1S/C12H10N4O/c13-6-10(7-14)8-16-11-3-1-2-9(4-11)5-12(15)17/h1-4,8,16H,5H2,(H2,15,17). The molecule has 0 unspecified atom stereocenters. The van der Waals surface area contributed by atoms with Crippen molar-refractivity contribution in [1.29, 1.82) is 10.5 Å². The fourth-order valence-corrected chi connectivity index (χ4v) is 1.22. The Kier molecular flexibility index (Phi) is 4.29. The summed E-state index contributed by atoms with van der Waals surface area (Å²) in [5.41, 5.74) is 6.52. The first-order valence-corrected chi connectivity index (χ1v) is 4.80. The molecule has 0 fully saturated rings. The lowest BCUT2D eigenvalue weighted by Gasteiger charge is -2.03. The minimum atomic E-state index is -0.410. The second-order valence-electron chi connectivity index (χ2n) is 3.27. The van der Waals surface area contributed by atoms with Crippen LogP contribution >= 0.6 is 0 Å². The second-order valence-corrected chi connectivity index (χ2v) is 3.27. The number of nitriles is 2. The third kappa shape index (κ3) is 4.06. The van der Waals surface area contributed by atoms with Crippen LogP contribution in [0.15, 0.2) is 36.0 Å². The van der Waals surface area contributed by atoms with Gasteiger partial charge in [-0.25, -0.2) is 0 Å². The summed E-state index contributed by atoms with van der Waals surface area (Å²) in [6.07, 6.45) is 1.46. The summed E-state index contributed by atoms with van der Waals surface area (Å²) in [6.45, 7) is 0. The molecule has 0 radical (unpaired) electrons. The van der Waals surface area contributed by atoms with Crippen molar-refractivity contribution in [3.05, 3.63) is 41.6 Å². The highest BCUT2D eigenvalue weighted by Gasteiger charge is 1.99. The first-order chi connectivity index (χ1) is 8.15. The van der Waals surface area contributed by atoms with E-state index < -0.39 is 5.91 Å². The van der Waals surface area contributed by atoms with Gasteiger partial charge in [-0.3, -0.25) is 4.79 Å². The number of nitrogens with two attached hydrogens (primary N) is 1. The van der Waals surface area contributed by atoms with E-state index in [1.807, 2.05) is 0 Å². The normalized spacial score (nSPS) is 8.59. The van der Waals surface area contributed by atoms with Gasteiger partial charge < -0.3 is 11.1 Å². The fourth-order valence-electron chi connectivity index (χ4n) is 1.22. The molecule has 0 bridgehead atoms. The molecule has 3 N–H and O–H groups in total. The predicted molar refractivity (Wildman–Crippen MR) is 62.3 cm³/mol. The van der Waals surface area contributed by atoms with Crippen molar-refractivity contribution in [2.45, 2.75) is 6.42 Å². The molecule has 84 valence electrons. The van der Waals surface area contributed by atoms with Crippen LogP contribution in [0.2, 0.25) is 0 Å². The van der Waals surface area contributed by atoms with Gasteiger partial charge in [-0.2, -0.15) is 10.5 Å². The van der Waals surface area contributed by atoms with Gasteiger partial charge in [-0.1, -0.05) is 12.1 Å². The van der Waals surface area contributed by atoms with Gasteiger partial charge in [0.2, 0.25) is 5.91 Å². The van der Waals surface area contributed by atoms with Crippen LogP contribution in [-0.2, 0) is 11.2 Å². The zero-order valence-corrected chi connectivity index (χ0v) is 8.97. The molecule has 0 spiro atoms. The minimum Gasteiger partial charge on any atom is -0.369 e. The van der Waals surface area contributed by atoms with Crippen molar-refractivity contribution in [2.75, 3.05) is 5.32 Å². The minimum absolute atomic E-state index is 0.0229. The van der Waals surface area contributed by atoms with Gasteiger partial charge in [0.15, 0.2) is 0 Å². The first-order valence-electron chi connectivity index (χ1n) is 4.80. The molecule has 1 aromatic carbocycles. The number of allylic oxidation sites excluding steroid dienone is 1. The second kappa shape index (κ2) is 5.94. The number of primary amides is 1. The number of amides is 1. The van der Waals surface area contributed by atoms with Crippen LogP contribution < -0.4 is 11.1 Å². The van der Waals surface area contributed by atoms with Crippen LogP contribution in [0.25, 0.3) is 0 Å². The number of carbonyl (C=O) groups excluding carboxylic acids is 1. The van der Waals surface area contributed by atoms with Crippen LogP contribution in [0.3, 0.4) is 0 Å². The molecule has 17 heavy (non-hydrogen) atoms. The van der Waals surface area contributed by atoms with Gasteiger partial charge in [0, 0.05) is 11.9 Å². The molecule has 0 atom stereocenters. The van der Waals surface area contributed by atoms with E-state index in [9.17, 15) is 4.79 Å². The van der Waals surface area contributed by atoms with Crippen LogP contribution in [0, 0.1) is 22.7 Å². The molecule has 0 aromatic heterocycles. The lowest BCUT2D eigenvalue weighted by molar-refractivity contribution is -0.117. The van der Waals surface area contributed by atoms with Gasteiger partial charge in [-0.15, -0.1) is 0 Å². The van der Waals surface area contributed by atoms with Crippen molar-refractivity contribution >= 4 is 11.6 Å². The monoisotopic (exact) mass is 226 g/mol. The van der Waals surface area contributed by atoms with Gasteiger partial charge in [-0.05, 0) is 17.7 Å². The Labute approximate surface area is 98.8 Å². The lowest BCUT2D eigenvalue weighted by atomic mass is 10.1. The van der Waals surface area contributed by atoms with Crippen molar-refractivity contribution in [1.82, 2.24) is 0 Å². The molecule has 1 rings (SSSR count). The molecule has 5 nitrogen and oxygen atoms in total. The maximum absolute atomic E-state index is 10.7. The number of nitrogens with zero attached hydrogens (tertiary/aromatic N) is 2. The Morgan fingerprint density at radius 2 is 2.12 bits per heavy atom. The van der Waals surface area contributed by atoms with Gasteiger partial charge in [0.25, 0.3) is 0 Å². The van der Waals surface area contributed by atoms with E-state index >= 15 is 0 Å². The summed E-state index contributed by atoms with van der Waals surface area (Å²) in [5.74, 6) is -0.410. The number of hydrogen-bond acceptors (Lipinski definition) is 4. The largest absolute Gasteiger partial charge is 0.369 e. The van der Waals surface area contributed by atoms with Crippen LogP contribution in [-0.4, -0.2) is 5.91 Å². The number of anilines is 1. The summed E-state index contributed by atoms with van der Waals surface area (Å²) >= 11 is 0. The number of benzene rings is 1. The summed E-state index contributed by atoms with van der Waals surface area (Å²) < 4.78 is 0. The average Bonchev–Trinajstić information content (AvgIpc) is 2.30. The highest BCUT2D eigenvalue weighted by atomic mass is 16.1. The Morgan fingerprint density at radius 1 is 1.41 bits per heavy atom. The predicted octanol–water partition coefficient (Wildman–Crippen LogP) is 1.06. The average molecular weight is 226 g/mol. The quantitative estimate of drug-likeness (QED) is 0.749. The summed E-state index contributed by atoms with van der Waals surface area (Å²) in [6, 6.07) is 10.5. The Balaban J connectivity index is 2.80. The molecule has 0 saturated heterocycles. The fraction of sp³-hybridized carbons (Fsp3) is 0.0833. The third-order valence-corrected chi connectivity index (χ3v) is 1.93. The van der Waals surface area contributed by atoms with Crippen LogP contribution in [0.1, 0.15) is 5.56 Å². The molecule has 0 aliphatic rings. The highest BCUT2D eigenvalue weighted by Crippen LogP contribution is 2.11. The first kappa shape index (κ1) is 12.3. The van der Waals surface area contributed by atoms with Gasteiger partial charge >= 0.3 is 0 Å². The van der Waals surface area contributed by atoms with E-state index in [2.05, 4.69) is 5.32 Å². The Hall–Kier alpha value is -2.79. The molecule has 0 aliphatic carbocycles. The third-order valence-electron chi connectivity index (χ3n) is 1.93. The zero-order valence-electron chi connectivity index (χ0n) is 8.97. The smallest absolute Gasteiger partial charge is 0.221 e. The van der Waals surface area contributed by atoms with E-state index in [1.54, 1.807) is 36.4 Å². The highest BCUT2D eigenvalue weighted by molar-refractivity contribution is 5.77. The van der Waals surface area contributed by atoms with Crippen LogP contribution in [0.5, 0.6) is 0 Å². The van der Waals surface area contributed by atoms with E-state index in [0.717, 1.165) is 5.56 Å². The van der Waals surface area contributed by atoms with Crippen molar-refractivity contribution in [2.24, 2.45) is 5.73 Å². The van der Waals surface area contributed by atoms with Crippen molar-refractivity contribution in [3.63, 3.8) is 0 Å². The van der Waals surface area contributed by atoms with Crippen molar-refractivity contribution in [3.8, 4) is 12.1 Å². The zero-order chi connectivity index (χ0) is 12.7. The molecular weight excluding hydrogens is 216 g/mol.